The lowest BCUT2D eigenvalue weighted by Crippen LogP contribution is -2.24. The number of allylic oxidation sites excluding steroid dienone is 4. The maximum Gasteiger partial charge on any atom is 0.00199 e. The van der Waals surface area contributed by atoms with Crippen molar-refractivity contribution in [1.82, 2.24) is 0 Å². The van der Waals surface area contributed by atoms with Crippen LogP contribution in [0.25, 0.3) is 0 Å². The second-order valence-corrected chi connectivity index (χ2v) is 7.09. The third-order valence-electron chi connectivity index (χ3n) is 5.45. The highest BCUT2D eigenvalue weighted by Gasteiger charge is 2.28. The molecular weight excluding hydrogens is 264 g/mol. The zero-order valence-corrected chi connectivity index (χ0v) is 14.8. The summed E-state index contributed by atoms with van der Waals surface area (Å²) in [4.78, 5) is 0. The Bertz CT molecular complexity index is 494. The second kappa shape index (κ2) is 8.36. The van der Waals surface area contributed by atoms with Gasteiger partial charge in [-0.05, 0) is 49.0 Å². The van der Waals surface area contributed by atoms with Crippen LogP contribution in [0.5, 0.6) is 0 Å². The van der Waals surface area contributed by atoms with E-state index in [9.17, 15) is 0 Å². The maximum absolute atomic E-state index is 2.52. The first-order valence-corrected chi connectivity index (χ1v) is 9.02. The molecule has 120 valence electrons. The van der Waals surface area contributed by atoms with Crippen LogP contribution in [0, 0.1) is 17.8 Å². The highest BCUT2D eigenvalue weighted by Crippen LogP contribution is 2.41. The summed E-state index contributed by atoms with van der Waals surface area (Å²) in [7, 11) is 0. The molecule has 22 heavy (non-hydrogen) atoms. The Hall–Kier alpha value is -1.30. The van der Waals surface area contributed by atoms with Crippen LogP contribution < -0.4 is 0 Å². The first kappa shape index (κ1) is 17.1. The van der Waals surface area contributed by atoms with Gasteiger partial charge in [-0.3, -0.25) is 0 Å². The van der Waals surface area contributed by atoms with Crippen LogP contribution in [0.1, 0.15) is 64.9 Å². The predicted octanol–water partition coefficient (Wildman–Crippen LogP) is 6.76. The molecule has 0 nitrogen and oxygen atoms in total. The molecule has 0 spiro atoms. The third-order valence-corrected chi connectivity index (χ3v) is 5.45. The number of benzene rings is 1. The van der Waals surface area contributed by atoms with Crippen molar-refractivity contribution in [1.29, 1.82) is 0 Å². The van der Waals surface area contributed by atoms with Gasteiger partial charge in [0.2, 0.25) is 0 Å². The van der Waals surface area contributed by atoms with Crippen molar-refractivity contribution in [2.75, 3.05) is 0 Å². The molecule has 2 rings (SSSR count). The highest BCUT2D eigenvalue weighted by atomic mass is 14.3. The molecule has 0 amide bonds. The van der Waals surface area contributed by atoms with Crippen molar-refractivity contribution in [3.8, 4) is 0 Å². The first-order valence-electron chi connectivity index (χ1n) is 9.02. The molecule has 1 aromatic carbocycles. The maximum atomic E-state index is 2.52. The number of hydrogen-bond acceptors (Lipinski definition) is 0. The number of hydrogen-bond donors (Lipinski definition) is 0. The molecule has 0 saturated heterocycles. The van der Waals surface area contributed by atoms with Crippen molar-refractivity contribution in [3.63, 3.8) is 0 Å². The summed E-state index contributed by atoms with van der Waals surface area (Å²) in [5.74, 6) is 2.99. The average molecular weight is 296 g/mol. The molecule has 0 aromatic heterocycles. The van der Waals surface area contributed by atoms with Crippen LogP contribution in [0.2, 0.25) is 0 Å². The Balaban J connectivity index is 2.04. The van der Waals surface area contributed by atoms with E-state index in [-0.39, 0.29) is 0 Å². The van der Waals surface area contributed by atoms with Crippen LogP contribution in [-0.2, 0) is 0 Å². The van der Waals surface area contributed by atoms with E-state index in [1.165, 1.54) is 24.8 Å². The summed E-state index contributed by atoms with van der Waals surface area (Å²) in [6, 6.07) is 11.0. The number of rotatable bonds is 6. The van der Waals surface area contributed by atoms with E-state index in [2.05, 4.69) is 76.3 Å². The molecule has 0 heterocycles. The van der Waals surface area contributed by atoms with Crippen LogP contribution in [0.4, 0.5) is 0 Å². The summed E-state index contributed by atoms with van der Waals surface area (Å²) < 4.78 is 0. The first-order chi connectivity index (χ1) is 10.6. The van der Waals surface area contributed by atoms with Gasteiger partial charge in [0.15, 0.2) is 0 Å². The van der Waals surface area contributed by atoms with Crippen molar-refractivity contribution < 1.29 is 0 Å². The molecule has 1 aliphatic rings. The minimum atomic E-state index is 0.564. The van der Waals surface area contributed by atoms with Crippen molar-refractivity contribution >= 4 is 0 Å². The lowest BCUT2D eigenvalue weighted by atomic mass is 9.70. The average Bonchev–Trinajstić information content (AvgIpc) is 2.55. The summed E-state index contributed by atoms with van der Waals surface area (Å²) in [5, 5.41) is 0. The Morgan fingerprint density at radius 1 is 1.14 bits per heavy atom. The van der Waals surface area contributed by atoms with Crippen LogP contribution in [-0.4, -0.2) is 0 Å². The normalized spacial score (nSPS) is 25.0. The zero-order valence-electron chi connectivity index (χ0n) is 14.8. The lowest BCUT2D eigenvalue weighted by molar-refractivity contribution is 0.240. The predicted molar refractivity (Wildman–Crippen MR) is 98.0 cm³/mol. The van der Waals surface area contributed by atoms with Gasteiger partial charge in [0.25, 0.3) is 0 Å². The Morgan fingerprint density at radius 2 is 1.86 bits per heavy atom. The molecular formula is C22H32. The molecule has 0 radical (unpaired) electrons. The fraction of sp³-hybridized carbons (Fsp3) is 0.545. The largest absolute Gasteiger partial charge is 0.0888 e. The fourth-order valence-electron chi connectivity index (χ4n) is 3.79. The summed E-state index contributed by atoms with van der Waals surface area (Å²) in [6.07, 6.45) is 12.1. The minimum Gasteiger partial charge on any atom is -0.0888 e. The van der Waals surface area contributed by atoms with Gasteiger partial charge in [0.1, 0.15) is 0 Å². The highest BCUT2D eigenvalue weighted by molar-refractivity contribution is 5.29. The molecule has 0 heteroatoms. The van der Waals surface area contributed by atoms with Crippen LogP contribution in [0.3, 0.4) is 0 Å². The van der Waals surface area contributed by atoms with Crippen molar-refractivity contribution in [2.24, 2.45) is 17.8 Å². The fourth-order valence-corrected chi connectivity index (χ4v) is 3.79. The van der Waals surface area contributed by atoms with Gasteiger partial charge in [0, 0.05) is 5.92 Å². The molecule has 0 fully saturated rings. The van der Waals surface area contributed by atoms with E-state index in [1.807, 2.05) is 0 Å². The lowest BCUT2D eigenvalue weighted by Gasteiger charge is -2.35. The molecule has 0 bridgehead atoms. The Kier molecular flexibility index (Phi) is 6.49. The smallest absolute Gasteiger partial charge is 0.00199 e. The quantitative estimate of drug-likeness (QED) is 0.509. The van der Waals surface area contributed by atoms with E-state index in [0.717, 1.165) is 24.2 Å². The van der Waals surface area contributed by atoms with Crippen molar-refractivity contribution in [3.05, 3.63) is 59.7 Å². The van der Waals surface area contributed by atoms with E-state index >= 15 is 0 Å². The topological polar surface area (TPSA) is 0 Å². The van der Waals surface area contributed by atoms with Crippen LogP contribution in [0.15, 0.2) is 54.1 Å². The van der Waals surface area contributed by atoms with Crippen molar-refractivity contribution in [2.45, 2.75) is 59.3 Å². The SMILES string of the molecule is CC/C=C\CC(C)[C@H]1CC(C(C)c2ccccc2)=CC[C@H]1C. The zero-order chi connectivity index (χ0) is 15.9. The third kappa shape index (κ3) is 4.35. The van der Waals surface area contributed by atoms with E-state index in [1.54, 1.807) is 5.57 Å². The molecule has 1 aliphatic carbocycles. The monoisotopic (exact) mass is 296 g/mol. The van der Waals surface area contributed by atoms with E-state index in [0.29, 0.717) is 5.92 Å². The van der Waals surface area contributed by atoms with Gasteiger partial charge < -0.3 is 0 Å². The standard InChI is InChI=1S/C22H32/c1-5-6-8-11-17(2)22-16-21(15-14-18(22)3)19(4)20-12-9-7-10-13-20/h6-10,12-13,15,17-19,22H,5,11,14,16H2,1-4H3/b8-6-/t17?,18-,19?,22-/m1/s1. The van der Waals surface area contributed by atoms with Gasteiger partial charge in [-0.2, -0.15) is 0 Å². The molecule has 4 atom stereocenters. The van der Waals surface area contributed by atoms with Gasteiger partial charge in [-0.15, -0.1) is 0 Å². The Morgan fingerprint density at radius 3 is 2.55 bits per heavy atom. The van der Waals surface area contributed by atoms with Gasteiger partial charge in [-0.1, -0.05) is 81.8 Å². The molecule has 0 saturated carbocycles. The van der Waals surface area contributed by atoms with E-state index in [4.69, 9.17) is 0 Å². The summed E-state index contributed by atoms with van der Waals surface area (Å²) in [5.41, 5.74) is 3.11. The second-order valence-electron chi connectivity index (χ2n) is 7.09. The minimum absolute atomic E-state index is 0.564. The van der Waals surface area contributed by atoms with Crippen LogP contribution >= 0.6 is 0 Å². The van der Waals surface area contributed by atoms with E-state index < -0.39 is 0 Å². The molecule has 0 N–H and O–H groups in total. The molecule has 0 aliphatic heterocycles. The van der Waals surface area contributed by atoms with Gasteiger partial charge in [0.05, 0.1) is 0 Å². The Labute approximate surface area is 137 Å². The molecule has 1 aromatic rings. The summed E-state index contributed by atoms with van der Waals surface area (Å²) >= 11 is 0. The van der Waals surface area contributed by atoms with Gasteiger partial charge >= 0.3 is 0 Å². The van der Waals surface area contributed by atoms with Gasteiger partial charge in [-0.25, -0.2) is 0 Å². The summed E-state index contributed by atoms with van der Waals surface area (Å²) in [6.45, 7) is 9.46. The molecule has 2 unspecified atom stereocenters.